The second kappa shape index (κ2) is 11.6. The molecule has 0 spiro atoms. The van der Waals surface area contributed by atoms with E-state index in [2.05, 4.69) is 5.32 Å². The highest BCUT2D eigenvalue weighted by Crippen LogP contribution is 2.17. The van der Waals surface area contributed by atoms with E-state index in [1.54, 1.807) is 36.4 Å². The highest BCUT2D eigenvalue weighted by Gasteiger charge is 2.29. The Morgan fingerprint density at radius 1 is 1.07 bits per heavy atom. The largest absolute Gasteiger partial charge is 0.484 e. The van der Waals surface area contributed by atoms with Gasteiger partial charge in [-0.25, -0.2) is 4.39 Å². The fourth-order valence-electron chi connectivity index (χ4n) is 2.91. The lowest BCUT2D eigenvalue weighted by Gasteiger charge is -2.31. The van der Waals surface area contributed by atoms with Gasteiger partial charge in [-0.15, -0.1) is 0 Å². The molecule has 0 radical (unpaired) electrons. The van der Waals surface area contributed by atoms with Crippen LogP contribution < -0.4 is 10.1 Å². The van der Waals surface area contributed by atoms with E-state index >= 15 is 0 Å². The van der Waals surface area contributed by atoms with Gasteiger partial charge in [0.2, 0.25) is 5.91 Å². The van der Waals surface area contributed by atoms with Crippen molar-refractivity contribution in [2.75, 3.05) is 6.61 Å². The Bertz CT molecular complexity index is 827. The summed E-state index contributed by atoms with van der Waals surface area (Å²) in [5.41, 5.74) is 0.728. The number of carbonyl (C=O) groups is 2. The molecule has 5 nitrogen and oxygen atoms in total. The first-order chi connectivity index (χ1) is 14.3. The molecule has 0 aliphatic heterocycles. The zero-order valence-electron chi connectivity index (χ0n) is 17.5. The average Bonchev–Trinajstić information content (AvgIpc) is 2.74. The van der Waals surface area contributed by atoms with E-state index in [0.29, 0.717) is 17.2 Å². The summed E-state index contributed by atoms with van der Waals surface area (Å²) in [4.78, 5) is 27.3. The van der Waals surface area contributed by atoms with Gasteiger partial charge in [0.05, 0.1) is 0 Å². The van der Waals surface area contributed by atoms with Crippen molar-refractivity contribution >= 4 is 23.4 Å². The first-order valence-electron chi connectivity index (χ1n) is 10.1. The Hall–Kier alpha value is -2.60. The van der Waals surface area contributed by atoms with Crippen LogP contribution in [0.25, 0.3) is 0 Å². The summed E-state index contributed by atoms with van der Waals surface area (Å²) >= 11 is 5.87. The summed E-state index contributed by atoms with van der Waals surface area (Å²) in [6, 6.07) is 11.9. The van der Waals surface area contributed by atoms with Crippen molar-refractivity contribution in [2.45, 2.75) is 52.2 Å². The molecule has 2 aromatic rings. The lowest BCUT2D eigenvalue weighted by Crippen LogP contribution is -2.51. The predicted octanol–water partition coefficient (Wildman–Crippen LogP) is 4.58. The second-order valence-electron chi connectivity index (χ2n) is 7.13. The van der Waals surface area contributed by atoms with Gasteiger partial charge in [-0.2, -0.15) is 0 Å². The molecule has 0 aliphatic carbocycles. The van der Waals surface area contributed by atoms with Crippen LogP contribution in [0, 0.1) is 5.82 Å². The highest BCUT2D eigenvalue weighted by molar-refractivity contribution is 6.30. The van der Waals surface area contributed by atoms with E-state index in [1.165, 1.54) is 17.0 Å². The molecule has 0 fully saturated rings. The van der Waals surface area contributed by atoms with Gasteiger partial charge < -0.3 is 15.0 Å². The fourth-order valence-corrected chi connectivity index (χ4v) is 3.03. The molecule has 2 amide bonds. The summed E-state index contributed by atoms with van der Waals surface area (Å²) in [5.74, 6) is -0.398. The first-order valence-corrected chi connectivity index (χ1v) is 10.4. The van der Waals surface area contributed by atoms with Gasteiger partial charge in [-0.05, 0) is 61.7 Å². The topological polar surface area (TPSA) is 58.6 Å². The molecule has 1 N–H and O–H groups in total. The van der Waals surface area contributed by atoms with Crippen molar-refractivity contribution in [1.82, 2.24) is 10.2 Å². The fraction of sp³-hybridized carbons (Fsp3) is 0.391. The Morgan fingerprint density at radius 2 is 1.70 bits per heavy atom. The molecular weight excluding hydrogens is 407 g/mol. The lowest BCUT2D eigenvalue weighted by molar-refractivity contribution is -0.143. The molecule has 0 aromatic heterocycles. The highest BCUT2D eigenvalue weighted by atomic mass is 35.5. The van der Waals surface area contributed by atoms with Crippen LogP contribution in [-0.2, 0) is 16.1 Å². The quantitative estimate of drug-likeness (QED) is 0.595. The molecule has 2 aromatic carbocycles. The van der Waals surface area contributed by atoms with Gasteiger partial charge in [0, 0.05) is 17.6 Å². The van der Waals surface area contributed by atoms with Crippen LogP contribution in [0.5, 0.6) is 5.75 Å². The molecule has 0 unspecified atom stereocenters. The van der Waals surface area contributed by atoms with Crippen LogP contribution in [0.3, 0.4) is 0 Å². The van der Waals surface area contributed by atoms with Gasteiger partial charge in [0.25, 0.3) is 5.91 Å². The number of ether oxygens (including phenoxy) is 1. The van der Waals surface area contributed by atoms with Crippen molar-refractivity contribution in [2.24, 2.45) is 0 Å². The average molecular weight is 435 g/mol. The summed E-state index contributed by atoms with van der Waals surface area (Å²) in [7, 11) is 0. The van der Waals surface area contributed by atoms with Gasteiger partial charge in [-0.1, -0.05) is 37.6 Å². The number of rotatable bonds is 10. The Kier molecular flexibility index (Phi) is 9.12. The van der Waals surface area contributed by atoms with Crippen molar-refractivity contribution in [3.63, 3.8) is 0 Å². The van der Waals surface area contributed by atoms with Crippen LogP contribution in [0.2, 0.25) is 5.02 Å². The zero-order valence-corrected chi connectivity index (χ0v) is 18.3. The summed E-state index contributed by atoms with van der Waals surface area (Å²) in [6.07, 6.45) is 1.23. The zero-order chi connectivity index (χ0) is 22.1. The van der Waals surface area contributed by atoms with Crippen LogP contribution in [-0.4, -0.2) is 35.4 Å². The number of halogens is 2. The molecule has 162 valence electrons. The van der Waals surface area contributed by atoms with Crippen molar-refractivity contribution in [3.05, 3.63) is 64.9 Å². The molecule has 0 aliphatic rings. The maximum absolute atomic E-state index is 13.3. The SMILES string of the molecule is CC[C@H](C(=O)N[C@@H](C)CC)N(Cc1ccc(F)cc1)C(=O)COc1ccc(Cl)cc1. The number of nitrogens with zero attached hydrogens (tertiary/aromatic N) is 1. The molecule has 2 rings (SSSR count). The van der Waals surface area contributed by atoms with E-state index in [-0.39, 0.29) is 36.8 Å². The minimum absolute atomic E-state index is 0.000333. The summed E-state index contributed by atoms with van der Waals surface area (Å²) in [5, 5.41) is 3.51. The molecule has 7 heteroatoms. The molecule has 0 saturated heterocycles. The Labute approximate surface area is 182 Å². The van der Waals surface area contributed by atoms with Gasteiger partial charge in [-0.3, -0.25) is 9.59 Å². The van der Waals surface area contributed by atoms with Crippen molar-refractivity contribution in [3.8, 4) is 5.75 Å². The second-order valence-corrected chi connectivity index (χ2v) is 7.57. The number of benzene rings is 2. The summed E-state index contributed by atoms with van der Waals surface area (Å²) in [6.45, 7) is 5.70. The Balaban J connectivity index is 2.19. The van der Waals surface area contributed by atoms with Crippen LogP contribution in [0.15, 0.2) is 48.5 Å². The number of hydrogen-bond acceptors (Lipinski definition) is 3. The minimum atomic E-state index is -0.662. The third-order valence-electron chi connectivity index (χ3n) is 4.83. The minimum Gasteiger partial charge on any atom is -0.484 e. The molecule has 0 saturated carbocycles. The standard InChI is InChI=1S/C23H28ClFN2O3/c1-4-16(3)26-23(29)21(5-2)27(14-17-6-10-19(25)11-7-17)22(28)15-30-20-12-8-18(24)9-13-20/h6-13,16,21H,4-5,14-15H2,1-3H3,(H,26,29)/t16-,21+/m0/s1. The number of amides is 2. The van der Waals surface area contributed by atoms with Gasteiger partial charge in [0.15, 0.2) is 6.61 Å². The third-order valence-corrected chi connectivity index (χ3v) is 5.08. The van der Waals surface area contributed by atoms with E-state index in [9.17, 15) is 14.0 Å². The number of nitrogens with one attached hydrogen (secondary N) is 1. The van der Waals surface area contributed by atoms with Crippen molar-refractivity contribution < 1.29 is 18.7 Å². The van der Waals surface area contributed by atoms with E-state index < -0.39 is 6.04 Å². The Morgan fingerprint density at radius 3 is 2.27 bits per heavy atom. The summed E-state index contributed by atoms with van der Waals surface area (Å²) < 4.78 is 18.9. The first kappa shape index (κ1) is 23.7. The number of hydrogen-bond donors (Lipinski definition) is 1. The predicted molar refractivity (Wildman–Crippen MR) is 116 cm³/mol. The van der Waals surface area contributed by atoms with Crippen LogP contribution >= 0.6 is 11.6 Å². The number of carbonyl (C=O) groups excluding carboxylic acids is 2. The van der Waals surface area contributed by atoms with Crippen LogP contribution in [0.1, 0.15) is 39.2 Å². The maximum Gasteiger partial charge on any atom is 0.261 e. The smallest absolute Gasteiger partial charge is 0.261 e. The third kappa shape index (κ3) is 7.02. The van der Waals surface area contributed by atoms with E-state index in [4.69, 9.17) is 16.3 Å². The molecular formula is C23H28ClFN2O3. The maximum atomic E-state index is 13.3. The molecule has 2 atom stereocenters. The van der Waals surface area contributed by atoms with Gasteiger partial charge >= 0.3 is 0 Å². The lowest BCUT2D eigenvalue weighted by atomic mass is 10.1. The normalized spacial score (nSPS) is 12.7. The molecule has 30 heavy (non-hydrogen) atoms. The van der Waals surface area contributed by atoms with E-state index in [1.807, 2.05) is 20.8 Å². The van der Waals surface area contributed by atoms with Crippen LogP contribution in [0.4, 0.5) is 4.39 Å². The molecule has 0 bridgehead atoms. The van der Waals surface area contributed by atoms with E-state index in [0.717, 1.165) is 12.0 Å². The monoisotopic (exact) mass is 434 g/mol. The van der Waals surface area contributed by atoms with Gasteiger partial charge in [0.1, 0.15) is 17.6 Å². The molecule has 0 heterocycles. The van der Waals surface area contributed by atoms with Crippen molar-refractivity contribution in [1.29, 1.82) is 0 Å².